The van der Waals surface area contributed by atoms with Gasteiger partial charge in [0.15, 0.2) is 0 Å². The van der Waals surface area contributed by atoms with Crippen molar-refractivity contribution in [3.63, 3.8) is 0 Å². The van der Waals surface area contributed by atoms with Crippen LogP contribution >= 0.6 is 0 Å². The minimum absolute atomic E-state index is 0.553. The second kappa shape index (κ2) is 6.53. The molecule has 3 atom stereocenters. The smallest absolute Gasteiger partial charge is 0.0992 e. The van der Waals surface area contributed by atoms with Gasteiger partial charge in [0.2, 0.25) is 0 Å². The topological polar surface area (TPSA) is 32.3 Å². The van der Waals surface area contributed by atoms with Crippen molar-refractivity contribution < 1.29 is 5.11 Å². The zero-order valence-electron chi connectivity index (χ0n) is 12.2. The van der Waals surface area contributed by atoms with Crippen LogP contribution < -0.4 is 5.32 Å². The van der Waals surface area contributed by atoms with E-state index in [1.807, 2.05) is 37.3 Å². The van der Waals surface area contributed by atoms with Crippen molar-refractivity contribution in [1.29, 1.82) is 0 Å². The second-order valence-electron chi connectivity index (χ2n) is 6.24. The van der Waals surface area contributed by atoms with E-state index in [4.69, 9.17) is 0 Å². The van der Waals surface area contributed by atoms with Gasteiger partial charge in [0.25, 0.3) is 0 Å². The van der Waals surface area contributed by atoms with Gasteiger partial charge in [0, 0.05) is 12.6 Å². The lowest BCUT2D eigenvalue weighted by molar-refractivity contribution is 0.0512. The van der Waals surface area contributed by atoms with Crippen LogP contribution in [-0.4, -0.2) is 17.7 Å². The van der Waals surface area contributed by atoms with Crippen molar-refractivity contribution in [1.82, 2.24) is 5.32 Å². The zero-order chi connectivity index (χ0) is 13.7. The van der Waals surface area contributed by atoms with Gasteiger partial charge in [-0.15, -0.1) is 0 Å². The highest BCUT2D eigenvalue weighted by molar-refractivity contribution is 5.21. The molecule has 0 aliphatic heterocycles. The van der Waals surface area contributed by atoms with Gasteiger partial charge in [-0.2, -0.15) is 0 Å². The fraction of sp³-hybridized carbons (Fsp3) is 0.647. The molecule has 1 saturated carbocycles. The third-order valence-corrected chi connectivity index (χ3v) is 4.47. The summed E-state index contributed by atoms with van der Waals surface area (Å²) in [6.45, 7) is 4.86. The van der Waals surface area contributed by atoms with E-state index >= 15 is 0 Å². The summed E-state index contributed by atoms with van der Waals surface area (Å²) in [6.07, 6.45) is 6.58. The van der Waals surface area contributed by atoms with Gasteiger partial charge in [-0.3, -0.25) is 0 Å². The molecule has 1 fully saturated rings. The zero-order valence-corrected chi connectivity index (χ0v) is 12.2. The van der Waals surface area contributed by atoms with Gasteiger partial charge < -0.3 is 10.4 Å². The van der Waals surface area contributed by atoms with Crippen LogP contribution in [0.5, 0.6) is 0 Å². The van der Waals surface area contributed by atoms with E-state index in [2.05, 4.69) is 12.2 Å². The molecule has 0 spiro atoms. The average Bonchev–Trinajstić information content (AvgIpc) is 2.62. The molecule has 2 nitrogen and oxygen atoms in total. The fourth-order valence-corrected chi connectivity index (χ4v) is 3.03. The molecule has 1 aliphatic carbocycles. The van der Waals surface area contributed by atoms with Crippen molar-refractivity contribution in [2.75, 3.05) is 6.54 Å². The lowest BCUT2D eigenvalue weighted by atomic mass is 9.93. The summed E-state index contributed by atoms with van der Waals surface area (Å²) in [6, 6.07) is 10.5. The predicted octanol–water partition coefficient (Wildman–Crippen LogP) is 3.45. The standard InChI is InChI=1S/C17H27NO/c1-14-9-5-3-8-12-16(14)18-13-17(2,19)15-10-6-4-7-11-15/h4,6-7,10-11,14,16,18-19H,3,5,8-9,12-13H2,1-2H3. The summed E-state index contributed by atoms with van der Waals surface area (Å²) in [4.78, 5) is 0. The number of aliphatic hydroxyl groups is 1. The molecule has 0 saturated heterocycles. The Bertz CT molecular complexity index is 374. The average molecular weight is 261 g/mol. The van der Waals surface area contributed by atoms with Crippen LogP contribution in [0.3, 0.4) is 0 Å². The molecular weight excluding hydrogens is 234 g/mol. The molecule has 2 N–H and O–H groups in total. The van der Waals surface area contributed by atoms with E-state index in [0.717, 1.165) is 5.56 Å². The summed E-state index contributed by atoms with van der Waals surface area (Å²) >= 11 is 0. The largest absolute Gasteiger partial charge is 0.384 e. The number of hydrogen-bond acceptors (Lipinski definition) is 2. The Morgan fingerprint density at radius 3 is 2.58 bits per heavy atom. The maximum Gasteiger partial charge on any atom is 0.0992 e. The van der Waals surface area contributed by atoms with Gasteiger partial charge >= 0.3 is 0 Å². The molecule has 2 heteroatoms. The number of nitrogens with one attached hydrogen (secondary N) is 1. The van der Waals surface area contributed by atoms with Crippen LogP contribution in [-0.2, 0) is 5.60 Å². The highest BCUT2D eigenvalue weighted by Gasteiger charge is 2.26. The maximum atomic E-state index is 10.6. The Morgan fingerprint density at radius 1 is 1.16 bits per heavy atom. The molecular formula is C17H27NO. The molecule has 0 bridgehead atoms. The van der Waals surface area contributed by atoms with Crippen LogP contribution in [0.25, 0.3) is 0 Å². The first-order valence-electron chi connectivity index (χ1n) is 7.61. The first-order chi connectivity index (χ1) is 9.09. The van der Waals surface area contributed by atoms with Gasteiger partial charge in [0.1, 0.15) is 0 Å². The van der Waals surface area contributed by atoms with Crippen LogP contribution in [0.2, 0.25) is 0 Å². The van der Waals surface area contributed by atoms with E-state index in [1.54, 1.807) is 0 Å². The Hall–Kier alpha value is -0.860. The Labute approximate surface area is 117 Å². The van der Waals surface area contributed by atoms with Crippen LogP contribution in [0, 0.1) is 5.92 Å². The number of rotatable bonds is 4. The van der Waals surface area contributed by atoms with Gasteiger partial charge in [-0.25, -0.2) is 0 Å². The minimum Gasteiger partial charge on any atom is -0.384 e. The van der Waals surface area contributed by atoms with E-state index in [-0.39, 0.29) is 0 Å². The summed E-state index contributed by atoms with van der Waals surface area (Å²) in [5, 5.41) is 14.2. The minimum atomic E-state index is -0.784. The van der Waals surface area contributed by atoms with Crippen molar-refractivity contribution in [3.8, 4) is 0 Å². The quantitative estimate of drug-likeness (QED) is 0.814. The lowest BCUT2D eigenvalue weighted by Gasteiger charge is -2.30. The van der Waals surface area contributed by atoms with Crippen molar-refractivity contribution in [2.45, 2.75) is 57.6 Å². The van der Waals surface area contributed by atoms with Crippen LogP contribution in [0.4, 0.5) is 0 Å². The summed E-state index contributed by atoms with van der Waals surface area (Å²) in [5.74, 6) is 0.717. The normalized spacial score (nSPS) is 27.5. The summed E-state index contributed by atoms with van der Waals surface area (Å²) in [7, 11) is 0. The van der Waals surface area contributed by atoms with Gasteiger partial charge in [-0.1, -0.05) is 56.5 Å². The summed E-state index contributed by atoms with van der Waals surface area (Å²) < 4.78 is 0. The lowest BCUT2D eigenvalue weighted by Crippen LogP contribution is -2.43. The monoisotopic (exact) mass is 261 g/mol. The fourth-order valence-electron chi connectivity index (χ4n) is 3.03. The van der Waals surface area contributed by atoms with Crippen molar-refractivity contribution >= 4 is 0 Å². The molecule has 1 aromatic carbocycles. The van der Waals surface area contributed by atoms with Crippen molar-refractivity contribution in [2.24, 2.45) is 5.92 Å². The Morgan fingerprint density at radius 2 is 1.84 bits per heavy atom. The molecule has 1 aromatic rings. The molecule has 0 radical (unpaired) electrons. The third kappa shape index (κ3) is 4.05. The first kappa shape index (κ1) is 14.5. The molecule has 2 rings (SSSR count). The molecule has 0 aromatic heterocycles. The van der Waals surface area contributed by atoms with Crippen LogP contribution in [0.1, 0.15) is 51.5 Å². The molecule has 19 heavy (non-hydrogen) atoms. The molecule has 1 aliphatic rings. The van der Waals surface area contributed by atoms with E-state index in [0.29, 0.717) is 18.5 Å². The highest BCUT2D eigenvalue weighted by atomic mass is 16.3. The highest BCUT2D eigenvalue weighted by Crippen LogP contribution is 2.25. The Balaban J connectivity index is 1.93. The maximum absolute atomic E-state index is 10.6. The van der Waals surface area contributed by atoms with E-state index in [1.165, 1.54) is 32.1 Å². The Kier molecular flexibility index (Phi) is 5.00. The predicted molar refractivity (Wildman–Crippen MR) is 80.1 cm³/mol. The van der Waals surface area contributed by atoms with Crippen molar-refractivity contribution in [3.05, 3.63) is 35.9 Å². The third-order valence-electron chi connectivity index (χ3n) is 4.47. The molecule has 106 valence electrons. The van der Waals surface area contributed by atoms with Gasteiger partial charge in [-0.05, 0) is 31.2 Å². The van der Waals surface area contributed by atoms with E-state index in [9.17, 15) is 5.11 Å². The first-order valence-corrected chi connectivity index (χ1v) is 7.61. The molecule has 0 amide bonds. The SMILES string of the molecule is CC1CCCCCC1NCC(C)(O)c1ccccc1. The molecule has 3 unspecified atom stereocenters. The number of hydrogen-bond donors (Lipinski definition) is 2. The van der Waals surface area contributed by atoms with E-state index < -0.39 is 5.60 Å². The van der Waals surface area contributed by atoms with Crippen LogP contribution in [0.15, 0.2) is 30.3 Å². The molecule has 0 heterocycles. The number of benzene rings is 1. The second-order valence-corrected chi connectivity index (χ2v) is 6.24. The van der Waals surface area contributed by atoms with Gasteiger partial charge in [0.05, 0.1) is 5.60 Å². The summed E-state index contributed by atoms with van der Waals surface area (Å²) in [5.41, 5.74) is 0.205.